The molecular weight excluding hydrogens is 335 g/mol. The molecule has 5 heteroatoms. The van der Waals surface area contributed by atoms with Gasteiger partial charge in [-0.15, -0.1) is 0 Å². The molecule has 0 radical (unpaired) electrons. The average molecular weight is 353 g/mol. The molecule has 0 amide bonds. The summed E-state index contributed by atoms with van der Waals surface area (Å²) in [6, 6.07) is 10.9. The van der Waals surface area contributed by atoms with Crippen LogP contribution in [0.3, 0.4) is 0 Å². The maximum absolute atomic E-state index is 13.7. The Bertz CT molecular complexity index is 634. The standard InChI is InChI=1S/C16H18BrFN2O/c1-3-21-16-9-15(14(19)8-13(16)18)20(2)10-11-6-4-5-7-12(11)17/h4-9H,3,10,19H2,1-2H3. The Hall–Kier alpha value is -1.75. The Balaban J connectivity index is 2.28. The first-order chi connectivity index (χ1) is 10.0. The third-order valence-corrected chi connectivity index (χ3v) is 3.93. The predicted molar refractivity (Wildman–Crippen MR) is 88.2 cm³/mol. The first-order valence-electron chi connectivity index (χ1n) is 6.69. The molecule has 0 aliphatic heterocycles. The van der Waals surface area contributed by atoms with Crippen LogP contribution in [0.15, 0.2) is 40.9 Å². The molecule has 2 N–H and O–H groups in total. The monoisotopic (exact) mass is 352 g/mol. The first kappa shape index (κ1) is 15.6. The summed E-state index contributed by atoms with van der Waals surface area (Å²) >= 11 is 3.52. The third-order valence-electron chi connectivity index (χ3n) is 3.16. The van der Waals surface area contributed by atoms with Gasteiger partial charge in [-0.3, -0.25) is 0 Å². The summed E-state index contributed by atoms with van der Waals surface area (Å²) in [4.78, 5) is 1.97. The van der Waals surface area contributed by atoms with E-state index in [4.69, 9.17) is 10.5 Å². The molecule has 2 rings (SSSR count). The Morgan fingerprint density at radius 3 is 2.67 bits per heavy atom. The quantitative estimate of drug-likeness (QED) is 0.819. The molecule has 3 nitrogen and oxygen atoms in total. The number of nitrogens with two attached hydrogens (primary N) is 1. The van der Waals surface area contributed by atoms with Gasteiger partial charge in [0.2, 0.25) is 0 Å². The lowest BCUT2D eigenvalue weighted by Crippen LogP contribution is -2.18. The number of rotatable bonds is 5. The fourth-order valence-corrected chi connectivity index (χ4v) is 2.53. The summed E-state index contributed by atoms with van der Waals surface area (Å²) in [7, 11) is 1.92. The summed E-state index contributed by atoms with van der Waals surface area (Å²) < 4.78 is 20.1. The van der Waals surface area contributed by atoms with Crippen LogP contribution in [0.2, 0.25) is 0 Å². The Labute approximate surface area is 132 Å². The maximum atomic E-state index is 13.7. The molecule has 2 aromatic carbocycles. The van der Waals surface area contributed by atoms with E-state index < -0.39 is 5.82 Å². The molecule has 0 unspecified atom stereocenters. The zero-order valence-corrected chi connectivity index (χ0v) is 13.7. The molecule has 0 bridgehead atoms. The smallest absolute Gasteiger partial charge is 0.167 e. The lowest BCUT2D eigenvalue weighted by Gasteiger charge is -2.23. The van der Waals surface area contributed by atoms with Gasteiger partial charge >= 0.3 is 0 Å². The Morgan fingerprint density at radius 2 is 2.00 bits per heavy atom. The zero-order chi connectivity index (χ0) is 15.4. The summed E-state index contributed by atoms with van der Waals surface area (Å²) in [5.74, 6) is -0.215. The summed E-state index contributed by atoms with van der Waals surface area (Å²) in [5.41, 5.74) is 8.20. The van der Waals surface area contributed by atoms with Gasteiger partial charge < -0.3 is 15.4 Å². The van der Waals surface area contributed by atoms with Crippen molar-refractivity contribution >= 4 is 27.3 Å². The lowest BCUT2D eigenvalue weighted by molar-refractivity contribution is 0.322. The van der Waals surface area contributed by atoms with Gasteiger partial charge in [-0.2, -0.15) is 0 Å². The second-order valence-corrected chi connectivity index (χ2v) is 5.58. The lowest BCUT2D eigenvalue weighted by atomic mass is 10.2. The van der Waals surface area contributed by atoms with Crippen LogP contribution in [0.1, 0.15) is 12.5 Å². The fourth-order valence-electron chi connectivity index (χ4n) is 2.12. The molecule has 0 saturated carbocycles. The van der Waals surface area contributed by atoms with Gasteiger partial charge in [0.1, 0.15) is 0 Å². The Morgan fingerprint density at radius 1 is 1.29 bits per heavy atom. The van der Waals surface area contributed by atoms with Crippen molar-refractivity contribution in [2.75, 3.05) is 24.3 Å². The molecular formula is C16H18BrFN2O. The van der Waals surface area contributed by atoms with E-state index in [1.807, 2.05) is 43.1 Å². The molecule has 0 atom stereocenters. The van der Waals surface area contributed by atoms with Crippen molar-refractivity contribution in [1.82, 2.24) is 0 Å². The number of nitrogen functional groups attached to an aromatic ring is 1. The van der Waals surface area contributed by atoms with Crippen molar-refractivity contribution in [1.29, 1.82) is 0 Å². The van der Waals surface area contributed by atoms with E-state index in [9.17, 15) is 4.39 Å². The van der Waals surface area contributed by atoms with E-state index in [0.29, 0.717) is 18.8 Å². The third kappa shape index (κ3) is 3.67. The highest BCUT2D eigenvalue weighted by atomic mass is 79.9. The summed E-state index contributed by atoms with van der Waals surface area (Å²) in [5, 5.41) is 0. The Kier molecular flexibility index (Phi) is 5.07. The number of benzene rings is 2. The zero-order valence-electron chi connectivity index (χ0n) is 12.1. The topological polar surface area (TPSA) is 38.5 Å². The van der Waals surface area contributed by atoms with Gasteiger partial charge in [0, 0.05) is 30.2 Å². The second kappa shape index (κ2) is 6.80. The van der Waals surface area contributed by atoms with Crippen LogP contribution in [0.25, 0.3) is 0 Å². The normalized spacial score (nSPS) is 10.5. The van der Waals surface area contributed by atoms with Crippen LogP contribution < -0.4 is 15.4 Å². The molecule has 0 aromatic heterocycles. The molecule has 0 spiro atoms. The van der Waals surface area contributed by atoms with E-state index in [0.717, 1.165) is 15.7 Å². The van der Waals surface area contributed by atoms with Crippen molar-refractivity contribution in [2.24, 2.45) is 0 Å². The molecule has 0 fully saturated rings. The number of hydrogen-bond donors (Lipinski definition) is 1. The number of anilines is 2. The van der Waals surface area contributed by atoms with Gasteiger partial charge in [0.15, 0.2) is 11.6 Å². The summed E-state index contributed by atoms with van der Waals surface area (Å²) in [6.07, 6.45) is 0. The van der Waals surface area contributed by atoms with Crippen LogP contribution in [0, 0.1) is 5.82 Å². The molecule has 0 saturated heterocycles. The molecule has 112 valence electrons. The van der Waals surface area contributed by atoms with Crippen molar-refractivity contribution in [2.45, 2.75) is 13.5 Å². The number of ether oxygens (including phenoxy) is 1. The van der Waals surface area contributed by atoms with E-state index in [-0.39, 0.29) is 5.75 Å². The molecule has 0 aliphatic carbocycles. The fraction of sp³-hybridized carbons (Fsp3) is 0.250. The van der Waals surface area contributed by atoms with Crippen molar-refractivity contribution in [3.05, 3.63) is 52.3 Å². The van der Waals surface area contributed by atoms with Crippen LogP contribution >= 0.6 is 15.9 Å². The molecule has 21 heavy (non-hydrogen) atoms. The number of halogens is 2. The van der Waals surface area contributed by atoms with E-state index >= 15 is 0 Å². The van der Waals surface area contributed by atoms with Crippen molar-refractivity contribution in [3.63, 3.8) is 0 Å². The minimum Gasteiger partial charge on any atom is -0.491 e. The molecule has 0 heterocycles. The minimum atomic E-state index is -0.438. The van der Waals surface area contributed by atoms with E-state index in [1.165, 1.54) is 6.07 Å². The van der Waals surface area contributed by atoms with Crippen LogP contribution in [0.5, 0.6) is 5.75 Å². The SMILES string of the molecule is CCOc1cc(N(C)Cc2ccccc2Br)c(N)cc1F. The largest absolute Gasteiger partial charge is 0.491 e. The highest BCUT2D eigenvalue weighted by molar-refractivity contribution is 9.10. The van der Waals surface area contributed by atoms with Gasteiger partial charge in [0.25, 0.3) is 0 Å². The predicted octanol–water partition coefficient (Wildman–Crippen LogP) is 4.21. The van der Waals surface area contributed by atoms with Gasteiger partial charge in [-0.25, -0.2) is 4.39 Å². The van der Waals surface area contributed by atoms with Crippen molar-refractivity contribution < 1.29 is 9.13 Å². The van der Waals surface area contributed by atoms with Gasteiger partial charge in [0.05, 0.1) is 18.0 Å². The maximum Gasteiger partial charge on any atom is 0.167 e. The van der Waals surface area contributed by atoms with Gasteiger partial charge in [-0.05, 0) is 18.6 Å². The highest BCUT2D eigenvalue weighted by Crippen LogP contribution is 2.32. The van der Waals surface area contributed by atoms with E-state index in [2.05, 4.69) is 15.9 Å². The van der Waals surface area contributed by atoms with Crippen LogP contribution in [0.4, 0.5) is 15.8 Å². The van der Waals surface area contributed by atoms with Crippen LogP contribution in [-0.4, -0.2) is 13.7 Å². The summed E-state index contributed by atoms with van der Waals surface area (Å²) in [6.45, 7) is 2.89. The number of nitrogens with zero attached hydrogens (tertiary/aromatic N) is 1. The van der Waals surface area contributed by atoms with E-state index in [1.54, 1.807) is 6.07 Å². The van der Waals surface area contributed by atoms with Gasteiger partial charge in [-0.1, -0.05) is 34.1 Å². The molecule has 0 aliphatic rings. The molecule has 2 aromatic rings. The average Bonchev–Trinajstić information content (AvgIpc) is 2.44. The van der Waals surface area contributed by atoms with Crippen molar-refractivity contribution in [3.8, 4) is 5.75 Å². The first-order valence-corrected chi connectivity index (χ1v) is 7.48. The minimum absolute atomic E-state index is 0.223. The van der Waals surface area contributed by atoms with Crippen LogP contribution in [-0.2, 0) is 6.54 Å². The highest BCUT2D eigenvalue weighted by Gasteiger charge is 2.13. The number of hydrogen-bond acceptors (Lipinski definition) is 3. The second-order valence-electron chi connectivity index (χ2n) is 4.72.